The Hall–Kier alpha value is -3.13. The Labute approximate surface area is 141 Å². The van der Waals surface area contributed by atoms with Crippen LogP contribution in [0.4, 0.5) is 11.4 Å². The standard InChI is InChI=1S/C19H19N3O2/c1-13-5-4-6-14(2)19(13)21-18(24)12-22(15(3)23)17-9-7-16(11-20)8-10-17/h4-10H,12H2,1-3H3,(H,21,24). The van der Waals surface area contributed by atoms with E-state index >= 15 is 0 Å². The van der Waals surface area contributed by atoms with Crippen LogP contribution in [0.15, 0.2) is 42.5 Å². The van der Waals surface area contributed by atoms with Gasteiger partial charge in [-0.3, -0.25) is 9.59 Å². The lowest BCUT2D eigenvalue weighted by molar-refractivity contribution is -0.120. The molecule has 0 fully saturated rings. The van der Waals surface area contributed by atoms with Crippen molar-refractivity contribution in [1.82, 2.24) is 0 Å². The van der Waals surface area contributed by atoms with Crippen LogP contribution >= 0.6 is 0 Å². The van der Waals surface area contributed by atoms with Crippen LogP contribution in [-0.2, 0) is 9.59 Å². The van der Waals surface area contributed by atoms with Gasteiger partial charge in [-0.15, -0.1) is 0 Å². The normalized spacial score (nSPS) is 9.92. The van der Waals surface area contributed by atoms with Gasteiger partial charge in [0.25, 0.3) is 0 Å². The molecule has 0 heterocycles. The Morgan fingerprint density at radius 3 is 2.17 bits per heavy atom. The van der Waals surface area contributed by atoms with Gasteiger partial charge in [-0.2, -0.15) is 5.26 Å². The molecule has 0 saturated carbocycles. The van der Waals surface area contributed by atoms with E-state index in [-0.39, 0.29) is 18.4 Å². The van der Waals surface area contributed by atoms with Crippen LogP contribution in [0.25, 0.3) is 0 Å². The second-order valence-corrected chi connectivity index (χ2v) is 5.58. The zero-order valence-electron chi connectivity index (χ0n) is 14.0. The van der Waals surface area contributed by atoms with Crippen molar-refractivity contribution in [3.63, 3.8) is 0 Å². The highest BCUT2D eigenvalue weighted by Crippen LogP contribution is 2.20. The molecule has 0 atom stereocenters. The van der Waals surface area contributed by atoms with E-state index in [4.69, 9.17) is 5.26 Å². The molecule has 122 valence electrons. The molecule has 0 spiro atoms. The van der Waals surface area contributed by atoms with E-state index in [1.54, 1.807) is 24.3 Å². The zero-order chi connectivity index (χ0) is 17.7. The topological polar surface area (TPSA) is 73.2 Å². The van der Waals surface area contributed by atoms with Gasteiger partial charge in [0.05, 0.1) is 11.6 Å². The quantitative estimate of drug-likeness (QED) is 0.940. The summed E-state index contributed by atoms with van der Waals surface area (Å²) in [6, 6.07) is 14.4. The highest BCUT2D eigenvalue weighted by atomic mass is 16.2. The lowest BCUT2D eigenvalue weighted by Gasteiger charge is -2.21. The Morgan fingerprint density at radius 1 is 1.08 bits per heavy atom. The maximum Gasteiger partial charge on any atom is 0.244 e. The van der Waals surface area contributed by atoms with E-state index in [1.807, 2.05) is 38.1 Å². The Bertz CT molecular complexity index is 784. The van der Waals surface area contributed by atoms with E-state index in [9.17, 15) is 9.59 Å². The summed E-state index contributed by atoms with van der Waals surface area (Å²) in [5, 5.41) is 11.7. The molecule has 5 nitrogen and oxygen atoms in total. The van der Waals surface area contributed by atoms with Crippen molar-refractivity contribution in [1.29, 1.82) is 5.26 Å². The molecule has 5 heteroatoms. The number of nitrogens with one attached hydrogen (secondary N) is 1. The van der Waals surface area contributed by atoms with Crippen LogP contribution in [-0.4, -0.2) is 18.4 Å². The van der Waals surface area contributed by atoms with E-state index in [2.05, 4.69) is 5.32 Å². The summed E-state index contributed by atoms with van der Waals surface area (Å²) in [4.78, 5) is 25.7. The predicted molar refractivity (Wildman–Crippen MR) is 93.7 cm³/mol. The van der Waals surface area contributed by atoms with Crippen LogP contribution in [0.1, 0.15) is 23.6 Å². The number of carbonyl (C=O) groups is 2. The van der Waals surface area contributed by atoms with Crippen LogP contribution in [0.2, 0.25) is 0 Å². The molecule has 24 heavy (non-hydrogen) atoms. The molecule has 2 aromatic carbocycles. The molecule has 2 amide bonds. The highest BCUT2D eigenvalue weighted by molar-refractivity contribution is 6.02. The fourth-order valence-corrected chi connectivity index (χ4v) is 2.43. The summed E-state index contributed by atoms with van der Waals surface area (Å²) in [6.45, 7) is 5.16. The van der Waals surface area contributed by atoms with Gasteiger partial charge in [0.2, 0.25) is 11.8 Å². The average molecular weight is 321 g/mol. The molecule has 0 aliphatic carbocycles. The third-order valence-electron chi connectivity index (χ3n) is 3.74. The summed E-state index contributed by atoms with van der Waals surface area (Å²) < 4.78 is 0. The molecular weight excluding hydrogens is 302 g/mol. The molecule has 1 N–H and O–H groups in total. The van der Waals surface area contributed by atoms with Crippen molar-refractivity contribution in [3.8, 4) is 6.07 Å². The van der Waals surface area contributed by atoms with Gasteiger partial charge in [0.15, 0.2) is 0 Å². The van der Waals surface area contributed by atoms with Crippen molar-refractivity contribution in [2.75, 3.05) is 16.8 Å². The first kappa shape index (κ1) is 17.2. The number of nitrogens with zero attached hydrogens (tertiary/aromatic N) is 2. The number of rotatable bonds is 4. The number of carbonyl (C=O) groups excluding carboxylic acids is 2. The number of para-hydroxylation sites is 1. The molecule has 0 unspecified atom stereocenters. The van der Waals surface area contributed by atoms with E-state index < -0.39 is 0 Å². The molecule has 0 saturated heterocycles. The molecule has 2 rings (SSSR count). The van der Waals surface area contributed by atoms with Crippen LogP contribution < -0.4 is 10.2 Å². The molecular formula is C19H19N3O2. The van der Waals surface area contributed by atoms with Crippen molar-refractivity contribution in [3.05, 3.63) is 59.2 Å². The molecule has 0 bridgehead atoms. The van der Waals surface area contributed by atoms with Gasteiger partial charge < -0.3 is 10.2 Å². The summed E-state index contributed by atoms with van der Waals surface area (Å²) in [7, 11) is 0. The number of nitriles is 1. The molecule has 2 aromatic rings. The van der Waals surface area contributed by atoms with E-state index in [0.717, 1.165) is 16.8 Å². The fourth-order valence-electron chi connectivity index (χ4n) is 2.43. The Balaban J connectivity index is 2.17. The van der Waals surface area contributed by atoms with Gasteiger partial charge in [-0.1, -0.05) is 18.2 Å². The second kappa shape index (κ2) is 7.42. The number of hydrogen-bond acceptors (Lipinski definition) is 3. The maximum absolute atomic E-state index is 12.4. The third-order valence-corrected chi connectivity index (χ3v) is 3.74. The SMILES string of the molecule is CC(=O)N(CC(=O)Nc1c(C)cccc1C)c1ccc(C#N)cc1. The summed E-state index contributed by atoms with van der Waals surface area (Å²) in [5.74, 6) is -0.511. The number of aryl methyl sites for hydroxylation is 2. The van der Waals surface area contributed by atoms with Crippen LogP contribution in [0.5, 0.6) is 0 Å². The van der Waals surface area contributed by atoms with Crippen molar-refractivity contribution in [2.45, 2.75) is 20.8 Å². The third kappa shape index (κ3) is 3.99. The van der Waals surface area contributed by atoms with E-state index in [0.29, 0.717) is 11.3 Å². The predicted octanol–water partition coefficient (Wildman–Crippen LogP) is 3.17. The minimum atomic E-state index is -0.271. The van der Waals surface area contributed by atoms with Gasteiger partial charge in [-0.25, -0.2) is 0 Å². The Morgan fingerprint density at radius 2 is 1.67 bits per heavy atom. The lowest BCUT2D eigenvalue weighted by Crippen LogP contribution is -2.36. The minimum absolute atomic E-state index is 0.0883. The Kier molecular flexibility index (Phi) is 5.33. The van der Waals surface area contributed by atoms with Crippen LogP contribution in [0.3, 0.4) is 0 Å². The molecule has 0 radical (unpaired) electrons. The van der Waals surface area contributed by atoms with Gasteiger partial charge >= 0.3 is 0 Å². The largest absolute Gasteiger partial charge is 0.324 e. The number of anilines is 2. The maximum atomic E-state index is 12.4. The van der Waals surface area contributed by atoms with Crippen molar-refractivity contribution < 1.29 is 9.59 Å². The van der Waals surface area contributed by atoms with Gasteiger partial charge in [-0.05, 0) is 49.2 Å². The monoisotopic (exact) mass is 321 g/mol. The fraction of sp³-hybridized carbons (Fsp3) is 0.211. The van der Waals surface area contributed by atoms with Crippen molar-refractivity contribution in [2.24, 2.45) is 0 Å². The summed E-state index contributed by atoms with van der Waals surface area (Å²) in [6.07, 6.45) is 0. The second-order valence-electron chi connectivity index (χ2n) is 5.58. The highest BCUT2D eigenvalue weighted by Gasteiger charge is 2.17. The number of hydrogen-bond donors (Lipinski definition) is 1. The summed E-state index contributed by atoms with van der Waals surface area (Å²) >= 11 is 0. The summed E-state index contributed by atoms with van der Waals surface area (Å²) in [5.41, 5.74) is 3.79. The zero-order valence-corrected chi connectivity index (χ0v) is 14.0. The molecule has 0 aromatic heterocycles. The molecule has 0 aliphatic rings. The minimum Gasteiger partial charge on any atom is -0.324 e. The first-order valence-electron chi connectivity index (χ1n) is 7.56. The first-order valence-corrected chi connectivity index (χ1v) is 7.56. The first-order chi connectivity index (χ1) is 11.4. The molecule has 0 aliphatic heterocycles. The van der Waals surface area contributed by atoms with Gasteiger partial charge in [0, 0.05) is 18.3 Å². The smallest absolute Gasteiger partial charge is 0.244 e. The number of benzene rings is 2. The van der Waals surface area contributed by atoms with Gasteiger partial charge in [0.1, 0.15) is 6.54 Å². The lowest BCUT2D eigenvalue weighted by atomic mass is 10.1. The van der Waals surface area contributed by atoms with E-state index in [1.165, 1.54) is 11.8 Å². The average Bonchev–Trinajstić information content (AvgIpc) is 2.56. The van der Waals surface area contributed by atoms with Crippen LogP contribution in [0, 0.1) is 25.2 Å². The number of amides is 2. The van der Waals surface area contributed by atoms with Crippen molar-refractivity contribution >= 4 is 23.2 Å².